The van der Waals surface area contributed by atoms with E-state index in [9.17, 15) is 0 Å². The summed E-state index contributed by atoms with van der Waals surface area (Å²) in [5.41, 5.74) is 9.69. The number of fused-ring (bicyclic) bond motifs is 3. The molecule has 0 spiro atoms. The normalized spacial score (nSPS) is 20.5. The van der Waals surface area contributed by atoms with Gasteiger partial charge < -0.3 is 0 Å². The first-order valence-corrected chi connectivity index (χ1v) is 8.94. The van der Waals surface area contributed by atoms with E-state index in [-0.39, 0.29) is 12.1 Å². The van der Waals surface area contributed by atoms with Gasteiger partial charge in [0.05, 0.1) is 11.6 Å². The third-order valence-corrected chi connectivity index (χ3v) is 5.06. The highest BCUT2D eigenvalue weighted by Crippen LogP contribution is 2.31. The topological polar surface area (TPSA) is 67.1 Å². The Morgan fingerprint density at radius 2 is 1.92 bits per heavy atom. The Bertz CT molecular complexity index is 1080. The van der Waals surface area contributed by atoms with E-state index in [4.69, 9.17) is 4.98 Å². The van der Waals surface area contributed by atoms with E-state index in [2.05, 4.69) is 55.1 Å². The van der Waals surface area contributed by atoms with E-state index < -0.39 is 0 Å². The average Bonchev–Trinajstić information content (AvgIpc) is 3.28. The maximum absolute atomic E-state index is 4.77. The Hall–Kier alpha value is -2.35. The van der Waals surface area contributed by atoms with Gasteiger partial charge in [0.2, 0.25) is 0 Å². The van der Waals surface area contributed by atoms with Crippen molar-refractivity contribution in [3.63, 3.8) is 0 Å². The van der Waals surface area contributed by atoms with Crippen LogP contribution in [0.3, 0.4) is 0 Å². The van der Waals surface area contributed by atoms with Gasteiger partial charge in [-0.3, -0.25) is 0 Å². The summed E-state index contributed by atoms with van der Waals surface area (Å²) in [5.74, 6) is 0.781. The maximum Gasteiger partial charge on any atom is 0.170 e. The summed E-state index contributed by atoms with van der Waals surface area (Å²) < 4.78 is 2.84. The van der Waals surface area contributed by atoms with Crippen LogP contribution in [0.1, 0.15) is 29.9 Å². The third-order valence-electron chi connectivity index (χ3n) is 4.56. The Balaban J connectivity index is 1.49. The van der Waals surface area contributed by atoms with E-state index in [0.29, 0.717) is 0 Å². The smallest absolute Gasteiger partial charge is 0.170 e. The van der Waals surface area contributed by atoms with Crippen molar-refractivity contribution in [1.82, 2.24) is 30.4 Å². The van der Waals surface area contributed by atoms with Crippen LogP contribution in [-0.2, 0) is 0 Å². The molecule has 0 saturated carbocycles. The van der Waals surface area contributed by atoms with E-state index in [1.807, 2.05) is 30.3 Å². The fourth-order valence-electron chi connectivity index (χ4n) is 3.31. The average molecular weight is 395 g/mol. The molecule has 0 bridgehead atoms. The number of hydrazine groups is 1. The highest BCUT2D eigenvalue weighted by atomic mass is 79.9. The van der Waals surface area contributed by atoms with Crippen molar-refractivity contribution in [2.24, 2.45) is 0 Å². The monoisotopic (exact) mass is 394 g/mol. The molecule has 1 aliphatic heterocycles. The molecule has 4 aromatic rings. The van der Waals surface area contributed by atoms with Gasteiger partial charge in [-0.2, -0.15) is 0 Å². The number of halogens is 1. The Morgan fingerprint density at radius 1 is 1.04 bits per heavy atom. The zero-order valence-corrected chi connectivity index (χ0v) is 14.8. The summed E-state index contributed by atoms with van der Waals surface area (Å²) in [6.45, 7) is 0. The fraction of sp³-hybridized carbons (Fsp3) is 0.167. The number of hydrogen-bond acceptors (Lipinski definition) is 5. The summed E-state index contributed by atoms with van der Waals surface area (Å²) >= 11 is 3.53. The van der Waals surface area contributed by atoms with Gasteiger partial charge in [-0.05, 0) is 36.2 Å². The lowest BCUT2D eigenvalue weighted by molar-refractivity contribution is 0.540. The minimum atomic E-state index is 0.0580. The molecule has 6 nitrogen and oxygen atoms in total. The Morgan fingerprint density at radius 3 is 2.84 bits per heavy atom. The third kappa shape index (κ3) is 2.60. The zero-order valence-electron chi connectivity index (χ0n) is 13.2. The van der Waals surface area contributed by atoms with Gasteiger partial charge in [0.25, 0.3) is 0 Å². The van der Waals surface area contributed by atoms with Crippen LogP contribution in [0.4, 0.5) is 0 Å². The van der Waals surface area contributed by atoms with Gasteiger partial charge >= 0.3 is 0 Å². The van der Waals surface area contributed by atoms with E-state index in [1.165, 1.54) is 5.56 Å². The second-order valence-electron chi connectivity index (χ2n) is 6.18. The molecule has 25 heavy (non-hydrogen) atoms. The molecule has 7 heteroatoms. The second kappa shape index (κ2) is 5.87. The molecule has 1 saturated heterocycles. The number of nitrogens with one attached hydrogen (secondary N) is 2. The molecule has 1 aliphatic rings. The molecule has 2 N–H and O–H groups in total. The number of hydrogen-bond donors (Lipinski definition) is 2. The highest BCUT2D eigenvalue weighted by molar-refractivity contribution is 9.10. The van der Waals surface area contributed by atoms with Gasteiger partial charge in [-0.25, -0.2) is 25.3 Å². The van der Waals surface area contributed by atoms with Gasteiger partial charge in [-0.15, -0.1) is 5.10 Å². The number of para-hydroxylation sites is 1. The molecule has 124 valence electrons. The van der Waals surface area contributed by atoms with Crippen LogP contribution < -0.4 is 10.9 Å². The maximum atomic E-state index is 4.77. The van der Waals surface area contributed by atoms with Crippen molar-refractivity contribution in [3.8, 4) is 0 Å². The van der Waals surface area contributed by atoms with Gasteiger partial charge in [0.1, 0.15) is 6.33 Å². The minimum absolute atomic E-state index is 0.0580. The molecule has 2 atom stereocenters. The van der Waals surface area contributed by atoms with Crippen LogP contribution in [0.25, 0.3) is 16.6 Å². The van der Waals surface area contributed by atoms with Crippen molar-refractivity contribution in [2.45, 2.75) is 18.5 Å². The zero-order chi connectivity index (χ0) is 16.8. The summed E-state index contributed by atoms with van der Waals surface area (Å²) in [5, 5.41) is 5.63. The number of nitrogens with zero attached hydrogens (tertiary/aromatic N) is 4. The van der Waals surface area contributed by atoms with Crippen molar-refractivity contribution >= 4 is 32.5 Å². The lowest BCUT2D eigenvalue weighted by Gasteiger charge is -2.09. The predicted octanol–water partition coefficient (Wildman–Crippen LogP) is 3.32. The predicted molar refractivity (Wildman–Crippen MR) is 98.8 cm³/mol. The fourth-order valence-corrected chi connectivity index (χ4v) is 3.73. The lowest BCUT2D eigenvalue weighted by atomic mass is 10.0. The SMILES string of the molecule is Brc1cccc(C2CC(c3nc4c5ccccc5ncn4n3)NN2)c1. The Kier molecular flexibility index (Phi) is 3.51. The van der Waals surface area contributed by atoms with Crippen LogP contribution in [-0.4, -0.2) is 19.6 Å². The van der Waals surface area contributed by atoms with Crippen molar-refractivity contribution in [1.29, 1.82) is 0 Å². The molecule has 2 aromatic heterocycles. The number of rotatable bonds is 2. The molecule has 1 fully saturated rings. The summed E-state index contributed by atoms with van der Waals surface area (Å²) in [6.07, 6.45) is 2.61. The molecule has 0 aliphatic carbocycles. The summed E-state index contributed by atoms with van der Waals surface area (Å²) in [7, 11) is 0. The molecular weight excluding hydrogens is 380 g/mol. The second-order valence-corrected chi connectivity index (χ2v) is 7.10. The first-order chi connectivity index (χ1) is 12.3. The lowest BCUT2D eigenvalue weighted by Crippen LogP contribution is -2.27. The molecule has 3 heterocycles. The summed E-state index contributed by atoms with van der Waals surface area (Å²) in [6, 6.07) is 16.6. The number of aromatic nitrogens is 4. The van der Waals surface area contributed by atoms with E-state index in [0.717, 1.165) is 33.3 Å². The first-order valence-electron chi connectivity index (χ1n) is 8.14. The highest BCUT2D eigenvalue weighted by Gasteiger charge is 2.29. The van der Waals surface area contributed by atoms with E-state index >= 15 is 0 Å². The van der Waals surface area contributed by atoms with Gasteiger partial charge in [0, 0.05) is 15.9 Å². The van der Waals surface area contributed by atoms with Crippen LogP contribution in [0.2, 0.25) is 0 Å². The van der Waals surface area contributed by atoms with Crippen molar-refractivity contribution < 1.29 is 0 Å². The number of benzene rings is 2. The van der Waals surface area contributed by atoms with E-state index in [1.54, 1.807) is 10.8 Å². The largest absolute Gasteiger partial charge is 0.250 e. The van der Waals surface area contributed by atoms with Gasteiger partial charge in [0.15, 0.2) is 11.5 Å². The molecule has 0 radical (unpaired) electrons. The molecule has 2 unspecified atom stereocenters. The molecule has 2 aromatic carbocycles. The van der Waals surface area contributed by atoms with Crippen molar-refractivity contribution in [3.05, 3.63) is 70.7 Å². The molecule has 5 rings (SSSR count). The summed E-state index contributed by atoms with van der Waals surface area (Å²) in [4.78, 5) is 9.21. The molecular formula is C18H15BrN6. The minimum Gasteiger partial charge on any atom is -0.250 e. The van der Waals surface area contributed by atoms with Crippen LogP contribution >= 0.6 is 15.9 Å². The quantitative estimate of drug-likeness (QED) is 0.545. The standard InChI is InChI=1S/C18H15BrN6/c19-12-5-3-4-11(8-12)15-9-16(23-22-15)17-21-18-13-6-1-2-7-14(13)20-10-25(18)24-17/h1-8,10,15-16,22-23H,9H2. The Labute approximate surface area is 152 Å². The molecule has 0 amide bonds. The van der Waals surface area contributed by atoms with Crippen LogP contribution in [0.5, 0.6) is 0 Å². The first kappa shape index (κ1) is 14.9. The van der Waals surface area contributed by atoms with Crippen LogP contribution in [0, 0.1) is 0 Å². The van der Waals surface area contributed by atoms with Gasteiger partial charge in [-0.1, -0.05) is 40.2 Å². The van der Waals surface area contributed by atoms with Crippen molar-refractivity contribution in [2.75, 3.05) is 0 Å². The van der Waals surface area contributed by atoms with Crippen LogP contribution in [0.15, 0.2) is 59.3 Å².